The number of pyridine rings is 1. The fraction of sp³-hybridized carbons (Fsp3) is 0.310. The predicted octanol–water partition coefficient (Wildman–Crippen LogP) is 5.75. The second-order valence-electron chi connectivity index (χ2n) is 9.59. The number of ether oxygens (including phenoxy) is 1. The standard InChI is InChI=1S/C29H34N6O2/c1-3-12-35-13-6-7-20(18-35)19-10-11-24(27(14-19)37-2)33-28-15-22-25(16-31-17-26(22)34-28)32-23-9-5-4-8-21(23)29(30)36/h4-5,8-11,14-17,20,32-34H,3,6-7,12-13,18H2,1-2H3,(H2,30,36). The van der Waals surface area contributed by atoms with E-state index in [2.05, 4.69) is 50.6 Å². The molecule has 1 fully saturated rings. The van der Waals surface area contributed by atoms with Crippen LogP contribution in [-0.2, 0) is 0 Å². The maximum absolute atomic E-state index is 11.8. The Morgan fingerprint density at radius 1 is 1.14 bits per heavy atom. The van der Waals surface area contributed by atoms with E-state index in [-0.39, 0.29) is 0 Å². The molecular formula is C29H34N6O2. The highest BCUT2D eigenvalue weighted by Crippen LogP contribution is 2.36. The van der Waals surface area contributed by atoms with E-state index in [1.54, 1.807) is 31.6 Å². The lowest BCUT2D eigenvalue weighted by atomic mass is 9.90. The SMILES string of the molecule is CCCN1CCCC(c2ccc(Nc3cc4c(Nc5ccccc5C(N)=O)cncc4[nH]3)c(OC)c2)C1. The van der Waals surface area contributed by atoms with Crippen molar-refractivity contribution in [2.45, 2.75) is 32.1 Å². The Balaban J connectivity index is 1.38. The number of carbonyl (C=O) groups excluding carboxylic acids is 1. The molecule has 0 spiro atoms. The number of carbonyl (C=O) groups is 1. The van der Waals surface area contributed by atoms with Gasteiger partial charge < -0.3 is 31.0 Å². The summed E-state index contributed by atoms with van der Waals surface area (Å²) in [6.07, 6.45) is 7.14. The highest BCUT2D eigenvalue weighted by Gasteiger charge is 2.22. The van der Waals surface area contributed by atoms with E-state index in [0.29, 0.717) is 17.2 Å². The molecule has 1 saturated heterocycles. The zero-order chi connectivity index (χ0) is 25.8. The molecule has 1 aliphatic rings. The molecule has 0 saturated carbocycles. The molecule has 5 N–H and O–H groups in total. The minimum Gasteiger partial charge on any atom is -0.495 e. The highest BCUT2D eigenvalue weighted by molar-refractivity contribution is 6.01. The number of aromatic amines is 1. The van der Waals surface area contributed by atoms with Crippen LogP contribution in [0.4, 0.5) is 22.9 Å². The first kappa shape index (κ1) is 24.6. The van der Waals surface area contributed by atoms with Crippen molar-refractivity contribution in [1.29, 1.82) is 0 Å². The first-order chi connectivity index (χ1) is 18.1. The molecule has 0 aliphatic carbocycles. The maximum Gasteiger partial charge on any atom is 0.250 e. The summed E-state index contributed by atoms with van der Waals surface area (Å²) in [5, 5.41) is 7.72. The molecule has 2 aromatic carbocycles. The van der Waals surface area contributed by atoms with Crippen LogP contribution in [0.2, 0.25) is 0 Å². The number of H-pyrrole nitrogens is 1. The number of nitrogens with zero attached hydrogens (tertiary/aromatic N) is 2. The molecule has 4 aromatic rings. The molecule has 1 atom stereocenters. The number of fused-ring (bicyclic) bond motifs is 1. The Morgan fingerprint density at radius 2 is 2.00 bits per heavy atom. The number of piperidine rings is 1. The van der Waals surface area contributed by atoms with Crippen LogP contribution in [-0.4, -0.2) is 47.5 Å². The predicted molar refractivity (Wildman–Crippen MR) is 149 cm³/mol. The van der Waals surface area contributed by atoms with Gasteiger partial charge in [-0.2, -0.15) is 0 Å². The molecule has 2 aromatic heterocycles. The second kappa shape index (κ2) is 10.9. The van der Waals surface area contributed by atoms with Crippen molar-refractivity contribution < 1.29 is 9.53 Å². The van der Waals surface area contributed by atoms with Gasteiger partial charge in [0.1, 0.15) is 11.6 Å². The Bertz CT molecular complexity index is 1400. The van der Waals surface area contributed by atoms with Crippen molar-refractivity contribution in [3.8, 4) is 5.75 Å². The maximum atomic E-state index is 11.8. The van der Waals surface area contributed by atoms with Gasteiger partial charge in [-0.25, -0.2) is 0 Å². The fourth-order valence-electron chi connectivity index (χ4n) is 5.23. The molecule has 0 radical (unpaired) electrons. The summed E-state index contributed by atoms with van der Waals surface area (Å²) in [7, 11) is 1.71. The van der Waals surface area contributed by atoms with Crippen LogP contribution >= 0.6 is 0 Å². The van der Waals surface area contributed by atoms with E-state index in [1.807, 2.05) is 18.2 Å². The lowest BCUT2D eigenvalue weighted by Crippen LogP contribution is -2.34. The average Bonchev–Trinajstić information content (AvgIpc) is 3.33. The van der Waals surface area contributed by atoms with Crippen molar-refractivity contribution in [3.05, 3.63) is 72.1 Å². The quantitative estimate of drug-likeness (QED) is 0.234. The van der Waals surface area contributed by atoms with Gasteiger partial charge in [0.05, 0.1) is 47.6 Å². The van der Waals surface area contributed by atoms with Gasteiger partial charge in [-0.05, 0) is 74.2 Å². The number of hydrogen-bond acceptors (Lipinski definition) is 6. The Hall–Kier alpha value is -4.04. The number of methoxy groups -OCH3 is 1. The first-order valence-electron chi connectivity index (χ1n) is 12.9. The third-order valence-electron chi connectivity index (χ3n) is 7.02. The summed E-state index contributed by atoms with van der Waals surface area (Å²) < 4.78 is 5.78. The molecule has 8 heteroatoms. The lowest BCUT2D eigenvalue weighted by molar-refractivity contribution is 0.100. The normalized spacial score (nSPS) is 16.0. The zero-order valence-corrected chi connectivity index (χ0v) is 21.4. The van der Waals surface area contributed by atoms with E-state index in [4.69, 9.17) is 10.5 Å². The van der Waals surface area contributed by atoms with Crippen molar-refractivity contribution in [3.63, 3.8) is 0 Å². The van der Waals surface area contributed by atoms with Gasteiger partial charge in [0.2, 0.25) is 0 Å². The third-order valence-corrected chi connectivity index (χ3v) is 7.02. The van der Waals surface area contributed by atoms with Crippen LogP contribution in [0.3, 0.4) is 0 Å². The van der Waals surface area contributed by atoms with E-state index >= 15 is 0 Å². The van der Waals surface area contributed by atoms with Crippen LogP contribution in [0.25, 0.3) is 10.9 Å². The van der Waals surface area contributed by atoms with Crippen LogP contribution in [0.15, 0.2) is 60.9 Å². The van der Waals surface area contributed by atoms with Crippen molar-refractivity contribution in [2.24, 2.45) is 5.73 Å². The number of primary amides is 1. The number of hydrogen-bond donors (Lipinski definition) is 4. The van der Waals surface area contributed by atoms with Gasteiger partial charge in [0, 0.05) is 11.9 Å². The Labute approximate surface area is 217 Å². The average molecular weight is 499 g/mol. The van der Waals surface area contributed by atoms with Crippen molar-refractivity contribution in [1.82, 2.24) is 14.9 Å². The van der Waals surface area contributed by atoms with E-state index in [1.165, 1.54) is 31.4 Å². The van der Waals surface area contributed by atoms with Crippen LogP contribution < -0.4 is 21.1 Å². The molecule has 37 heavy (non-hydrogen) atoms. The number of likely N-dealkylation sites (tertiary alicyclic amines) is 1. The van der Waals surface area contributed by atoms with Gasteiger partial charge in [-0.3, -0.25) is 9.78 Å². The van der Waals surface area contributed by atoms with Gasteiger partial charge in [-0.15, -0.1) is 0 Å². The summed E-state index contributed by atoms with van der Waals surface area (Å²) >= 11 is 0. The molecule has 1 unspecified atom stereocenters. The van der Waals surface area contributed by atoms with E-state index in [9.17, 15) is 4.79 Å². The smallest absolute Gasteiger partial charge is 0.250 e. The van der Waals surface area contributed by atoms with Crippen molar-refractivity contribution in [2.75, 3.05) is 37.4 Å². The topological polar surface area (TPSA) is 108 Å². The number of nitrogens with one attached hydrogen (secondary N) is 3. The van der Waals surface area contributed by atoms with Crippen molar-refractivity contribution >= 4 is 39.7 Å². The van der Waals surface area contributed by atoms with Gasteiger partial charge >= 0.3 is 0 Å². The van der Waals surface area contributed by atoms with Crippen LogP contribution in [0.1, 0.15) is 48.0 Å². The largest absolute Gasteiger partial charge is 0.495 e. The fourth-order valence-corrected chi connectivity index (χ4v) is 5.23. The van der Waals surface area contributed by atoms with E-state index in [0.717, 1.165) is 46.9 Å². The lowest BCUT2D eigenvalue weighted by Gasteiger charge is -2.33. The third kappa shape index (κ3) is 5.39. The van der Waals surface area contributed by atoms with Gasteiger partial charge in [-0.1, -0.05) is 25.1 Å². The first-order valence-corrected chi connectivity index (χ1v) is 12.9. The van der Waals surface area contributed by atoms with Crippen LogP contribution in [0.5, 0.6) is 5.75 Å². The minimum absolute atomic E-state index is 0.425. The Kier molecular flexibility index (Phi) is 7.28. The molecule has 5 rings (SSSR count). The molecular weight excluding hydrogens is 464 g/mol. The number of para-hydroxylation sites is 1. The minimum atomic E-state index is -0.485. The second-order valence-corrected chi connectivity index (χ2v) is 9.59. The summed E-state index contributed by atoms with van der Waals surface area (Å²) in [5.74, 6) is 1.67. The monoisotopic (exact) mass is 498 g/mol. The molecule has 1 aliphatic heterocycles. The number of benzene rings is 2. The zero-order valence-electron chi connectivity index (χ0n) is 21.4. The molecule has 192 valence electrons. The summed E-state index contributed by atoms with van der Waals surface area (Å²) in [4.78, 5) is 22.2. The molecule has 0 bridgehead atoms. The number of aromatic nitrogens is 2. The number of amides is 1. The summed E-state index contributed by atoms with van der Waals surface area (Å²) in [6, 6.07) is 15.7. The summed E-state index contributed by atoms with van der Waals surface area (Å²) in [6.45, 7) is 5.70. The highest BCUT2D eigenvalue weighted by atomic mass is 16.5. The Morgan fingerprint density at radius 3 is 2.81 bits per heavy atom. The number of anilines is 4. The van der Waals surface area contributed by atoms with Gasteiger partial charge in [0.25, 0.3) is 5.91 Å². The van der Waals surface area contributed by atoms with Crippen LogP contribution in [0, 0.1) is 0 Å². The van der Waals surface area contributed by atoms with Gasteiger partial charge in [0.15, 0.2) is 0 Å². The molecule has 3 heterocycles. The molecule has 8 nitrogen and oxygen atoms in total. The summed E-state index contributed by atoms with van der Waals surface area (Å²) in [5.41, 5.74) is 10.5. The van der Waals surface area contributed by atoms with E-state index < -0.39 is 5.91 Å². The number of rotatable bonds is 9. The number of nitrogens with two attached hydrogens (primary N) is 1. The molecule has 1 amide bonds.